The number of hydrogen-bond acceptors (Lipinski definition) is 4. The molecule has 124 valence electrons. The number of nitrogens with zero attached hydrogens (tertiary/aromatic N) is 1. The van der Waals surface area contributed by atoms with Gasteiger partial charge in [-0.3, -0.25) is 14.8 Å². The highest BCUT2D eigenvalue weighted by molar-refractivity contribution is 7.93. The van der Waals surface area contributed by atoms with Crippen LogP contribution in [0.25, 0.3) is 0 Å². The molecule has 2 aromatic rings. The van der Waals surface area contributed by atoms with Gasteiger partial charge in [0.15, 0.2) is 0 Å². The molecule has 0 unspecified atom stereocenters. The lowest BCUT2D eigenvalue weighted by Gasteiger charge is -2.11. The fraction of sp³-hybridized carbons (Fsp3) is 0.176. The summed E-state index contributed by atoms with van der Waals surface area (Å²) in [5.41, 5.74) is 0.865. The van der Waals surface area contributed by atoms with Gasteiger partial charge in [0.05, 0.1) is 10.2 Å². The summed E-state index contributed by atoms with van der Waals surface area (Å²) >= 11 is 0. The van der Waals surface area contributed by atoms with E-state index in [2.05, 4.69) is 16.6 Å². The normalized spacial score (nSPS) is 10.8. The lowest BCUT2D eigenvalue weighted by Crippen LogP contribution is -2.23. The molecule has 0 bridgehead atoms. The van der Waals surface area contributed by atoms with Crippen molar-refractivity contribution in [2.45, 2.75) is 19.1 Å². The van der Waals surface area contributed by atoms with Crippen molar-refractivity contribution in [3.8, 4) is 11.8 Å². The van der Waals surface area contributed by atoms with Gasteiger partial charge in [0.1, 0.15) is 5.69 Å². The van der Waals surface area contributed by atoms with E-state index in [1.807, 2.05) is 30.3 Å². The maximum atomic E-state index is 12.0. The number of sulfonamides is 1. The van der Waals surface area contributed by atoms with Gasteiger partial charge >= 0.3 is 0 Å². The second-order valence-electron chi connectivity index (χ2n) is 5.30. The molecule has 1 N–H and O–H groups in total. The molecule has 0 saturated heterocycles. The SMILES string of the molecule is CC(C)S(=O)(=O)Nc1cc(C#Cc2ccccc2)ccc1[N+](=O)[O-]. The maximum Gasteiger partial charge on any atom is 0.293 e. The van der Waals surface area contributed by atoms with Gasteiger partial charge in [0.2, 0.25) is 10.0 Å². The van der Waals surface area contributed by atoms with E-state index in [1.54, 1.807) is 0 Å². The topological polar surface area (TPSA) is 89.3 Å². The van der Waals surface area contributed by atoms with E-state index in [1.165, 1.54) is 32.0 Å². The van der Waals surface area contributed by atoms with Gasteiger partial charge in [-0.1, -0.05) is 30.0 Å². The molecular formula is C17H16N2O4S. The third kappa shape index (κ3) is 4.33. The standard InChI is InChI=1S/C17H16N2O4S/c1-13(2)24(22,23)18-16-12-15(10-11-17(16)19(20)21)9-8-14-6-4-3-5-7-14/h3-7,10-13,18H,1-2H3. The van der Waals surface area contributed by atoms with Crippen LogP contribution in [0.3, 0.4) is 0 Å². The summed E-state index contributed by atoms with van der Waals surface area (Å²) in [6.45, 7) is 2.99. The van der Waals surface area contributed by atoms with Crippen LogP contribution in [0.4, 0.5) is 11.4 Å². The van der Waals surface area contributed by atoms with Crippen molar-refractivity contribution >= 4 is 21.4 Å². The quantitative estimate of drug-likeness (QED) is 0.524. The van der Waals surface area contributed by atoms with E-state index in [4.69, 9.17) is 0 Å². The fourth-order valence-electron chi connectivity index (χ4n) is 1.79. The molecule has 0 atom stereocenters. The summed E-state index contributed by atoms with van der Waals surface area (Å²) in [4.78, 5) is 10.5. The maximum absolute atomic E-state index is 12.0. The minimum absolute atomic E-state index is 0.0893. The van der Waals surface area contributed by atoms with Crippen molar-refractivity contribution in [2.24, 2.45) is 0 Å². The molecule has 7 heteroatoms. The van der Waals surface area contributed by atoms with Gasteiger partial charge in [0, 0.05) is 17.2 Å². The Morgan fingerprint density at radius 1 is 1.04 bits per heavy atom. The second-order valence-corrected chi connectivity index (χ2v) is 7.54. The average molecular weight is 344 g/mol. The lowest BCUT2D eigenvalue weighted by atomic mass is 10.1. The number of benzene rings is 2. The van der Waals surface area contributed by atoms with E-state index < -0.39 is 20.2 Å². The van der Waals surface area contributed by atoms with E-state index in [0.29, 0.717) is 5.56 Å². The highest BCUT2D eigenvalue weighted by atomic mass is 32.2. The van der Waals surface area contributed by atoms with Crippen molar-refractivity contribution in [1.29, 1.82) is 0 Å². The molecule has 2 aromatic carbocycles. The third-order valence-corrected chi connectivity index (χ3v) is 4.94. The first-order valence-corrected chi connectivity index (χ1v) is 8.71. The van der Waals surface area contributed by atoms with E-state index in [0.717, 1.165) is 5.56 Å². The average Bonchev–Trinajstić information content (AvgIpc) is 2.53. The van der Waals surface area contributed by atoms with Crippen molar-refractivity contribution in [1.82, 2.24) is 0 Å². The van der Waals surface area contributed by atoms with Gasteiger partial charge in [-0.2, -0.15) is 0 Å². The molecule has 0 aliphatic rings. The van der Waals surface area contributed by atoms with Gasteiger partial charge < -0.3 is 0 Å². The van der Waals surface area contributed by atoms with Crippen molar-refractivity contribution in [3.63, 3.8) is 0 Å². The van der Waals surface area contributed by atoms with Gasteiger partial charge in [-0.25, -0.2) is 8.42 Å². The van der Waals surface area contributed by atoms with Crippen molar-refractivity contribution in [3.05, 3.63) is 69.8 Å². The van der Waals surface area contributed by atoms with Gasteiger partial charge in [-0.15, -0.1) is 0 Å². The summed E-state index contributed by atoms with van der Waals surface area (Å²) in [7, 11) is -3.69. The van der Waals surface area contributed by atoms with E-state index in [-0.39, 0.29) is 11.4 Å². The number of anilines is 1. The lowest BCUT2D eigenvalue weighted by molar-refractivity contribution is -0.383. The first-order chi connectivity index (χ1) is 11.3. The molecule has 0 aliphatic heterocycles. The van der Waals surface area contributed by atoms with Crippen molar-refractivity contribution in [2.75, 3.05) is 4.72 Å². The molecule has 0 amide bonds. The number of rotatable bonds is 4. The fourth-order valence-corrected chi connectivity index (χ4v) is 2.50. The zero-order valence-electron chi connectivity index (χ0n) is 13.2. The Hall–Kier alpha value is -2.85. The van der Waals surface area contributed by atoms with Gasteiger partial charge in [0.25, 0.3) is 5.69 Å². The summed E-state index contributed by atoms with van der Waals surface area (Å²) in [6, 6.07) is 13.3. The first kappa shape index (κ1) is 17.5. The van der Waals surface area contributed by atoms with Crippen LogP contribution >= 0.6 is 0 Å². The molecule has 0 saturated carbocycles. The number of hydrogen-bond donors (Lipinski definition) is 1. The van der Waals surface area contributed by atoms with Crippen LogP contribution in [0.15, 0.2) is 48.5 Å². The molecule has 0 heterocycles. The van der Waals surface area contributed by atoms with Crippen LogP contribution in [0.5, 0.6) is 0 Å². The molecule has 24 heavy (non-hydrogen) atoms. The van der Waals surface area contributed by atoms with Gasteiger partial charge in [-0.05, 0) is 38.1 Å². The Bertz CT molecular complexity index is 911. The number of nitro benzene ring substituents is 1. The van der Waals surface area contributed by atoms with Crippen LogP contribution in [-0.4, -0.2) is 18.6 Å². The molecule has 0 aromatic heterocycles. The molecule has 6 nitrogen and oxygen atoms in total. The minimum atomic E-state index is -3.69. The largest absolute Gasteiger partial charge is 0.293 e. The van der Waals surface area contributed by atoms with Crippen LogP contribution in [0, 0.1) is 22.0 Å². The summed E-state index contributed by atoms with van der Waals surface area (Å²) in [5.74, 6) is 5.80. The molecule has 0 spiro atoms. The number of nitro groups is 1. The Labute approximate surface area is 140 Å². The minimum Gasteiger partial charge on any atom is -0.277 e. The Kier molecular flexibility index (Phi) is 5.21. The smallest absolute Gasteiger partial charge is 0.277 e. The highest BCUT2D eigenvalue weighted by Crippen LogP contribution is 2.27. The van der Waals surface area contributed by atoms with Crippen molar-refractivity contribution < 1.29 is 13.3 Å². The van der Waals surface area contributed by atoms with Crippen LogP contribution in [0.2, 0.25) is 0 Å². The third-order valence-electron chi connectivity index (χ3n) is 3.19. The molecule has 0 fully saturated rings. The van der Waals surface area contributed by atoms with Crippen LogP contribution < -0.4 is 4.72 Å². The molecule has 0 radical (unpaired) electrons. The summed E-state index contributed by atoms with van der Waals surface area (Å²) in [5, 5.41) is 10.4. The monoisotopic (exact) mass is 344 g/mol. The Balaban J connectivity index is 2.42. The van der Waals surface area contributed by atoms with E-state index in [9.17, 15) is 18.5 Å². The van der Waals surface area contributed by atoms with Crippen LogP contribution in [-0.2, 0) is 10.0 Å². The predicted molar refractivity (Wildman–Crippen MR) is 93.2 cm³/mol. The number of nitrogens with one attached hydrogen (secondary N) is 1. The molecule has 2 rings (SSSR count). The van der Waals surface area contributed by atoms with Crippen LogP contribution in [0.1, 0.15) is 25.0 Å². The molecular weight excluding hydrogens is 328 g/mol. The first-order valence-electron chi connectivity index (χ1n) is 7.17. The zero-order valence-corrected chi connectivity index (χ0v) is 14.0. The second kappa shape index (κ2) is 7.15. The predicted octanol–water partition coefficient (Wildman–Crippen LogP) is 3.14. The zero-order chi connectivity index (χ0) is 17.7. The molecule has 0 aliphatic carbocycles. The van der Waals surface area contributed by atoms with E-state index >= 15 is 0 Å². The Morgan fingerprint density at radius 2 is 1.67 bits per heavy atom. The summed E-state index contributed by atoms with van der Waals surface area (Å²) < 4.78 is 26.3. The Morgan fingerprint density at radius 3 is 2.25 bits per heavy atom. The highest BCUT2D eigenvalue weighted by Gasteiger charge is 2.22. The summed E-state index contributed by atoms with van der Waals surface area (Å²) in [6.07, 6.45) is 0.